The van der Waals surface area contributed by atoms with Crippen LogP contribution in [0, 0.1) is 0 Å². The fraction of sp³-hybridized carbons (Fsp3) is 0.111. The van der Waals surface area contributed by atoms with E-state index in [2.05, 4.69) is 0 Å². The smallest absolute Gasteiger partial charge is 0.202 e. The topological polar surface area (TPSA) is 0 Å². The van der Waals surface area contributed by atoms with Crippen LogP contribution in [0.2, 0.25) is 0 Å². The Bertz CT molecular complexity index is 860. The highest BCUT2D eigenvalue weighted by Crippen LogP contribution is 2.37. The minimum absolute atomic E-state index is 0.218. The molecule has 0 atom stereocenters. The normalized spacial score (nSPS) is 16.5. The Labute approximate surface area is 115 Å². The van der Waals surface area contributed by atoms with Crippen LogP contribution in [-0.2, 0) is 6.42 Å². The molecule has 20 heavy (non-hydrogen) atoms. The van der Waals surface area contributed by atoms with Crippen LogP contribution in [0.4, 0.5) is 8.78 Å². The predicted octanol–water partition coefficient (Wildman–Crippen LogP) is 5.20. The van der Waals surface area contributed by atoms with Crippen molar-refractivity contribution < 1.29 is 8.78 Å². The summed E-state index contributed by atoms with van der Waals surface area (Å²) < 4.78 is 27.4. The summed E-state index contributed by atoms with van der Waals surface area (Å²) in [5, 5.41) is 4.12. The van der Waals surface area contributed by atoms with Gasteiger partial charge in [-0.2, -0.15) is 0 Å². The molecule has 0 saturated heterocycles. The van der Waals surface area contributed by atoms with Crippen LogP contribution in [-0.4, -0.2) is 5.92 Å². The monoisotopic (exact) mass is 266 g/mol. The minimum atomic E-state index is -2.75. The molecule has 2 heteroatoms. The fourth-order valence-electron chi connectivity index (χ4n) is 3.04. The Kier molecular flexibility index (Phi) is 2.25. The summed E-state index contributed by atoms with van der Waals surface area (Å²) in [6.45, 7) is 0. The SMILES string of the molecule is FC1(F)C=Cc2ccc3ccc4ccccc4c3c2C1. The molecular weight excluding hydrogens is 254 g/mol. The molecule has 0 aliphatic heterocycles. The van der Waals surface area contributed by atoms with E-state index >= 15 is 0 Å². The molecule has 0 spiro atoms. The lowest BCUT2D eigenvalue weighted by atomic mass is 9.88. The molecule has 0 heterocycles. The van der Waals surface area contributed by atoms with E-state index in [-0.39, 0.29) is 6.42 Å². The van der Waals surface area contributed by atoms with E-state index in [0.29, 0.717) is 0 Å². The van der Waals surface area contributed by atoms with Gasteiger partial charge in [0.05, 0.1) is 0 Å². The highest BCUT2D eigenvalue weighted by Gasteiger charge is 2.30. The van der Waals surface area contributed by atoms with E-state index in [1.54, 1.807) is 6.08 Å². The van der Waals surface area contributed by atoms with Crippen molar-refractivity contribution in [3.8, 4) is 0 Å². The molecule has 0 saturated carbocycles. The minimum Gasteiger partial charge on any atom is -0.202 e. The number of hydrogen-bond acceptors (Lipinski definition) is 0. The first-order chi connectivity index (χ1) is 9.64. The molecule has 0 unspecified atom stereocenters. The van der Waals surface area contributed by atoms with Gasteiger partial charge >= 0.3 is 0 Å². The van der Waals surface area contributed by atoms with Crippen LogP contribution in [0.25, 0.3) is 27.6 Å². The fourth-order valence-corrected chi connectivity index (χ4v) is 3.04. The van der Waals surface area contributed by atoms with Gasteiger partial charge in [-0.25, -0.2) is 8.78 Å². The van der Waals surface area contributed by atoms with E-state index in [1.165, 1.54) is 0 Å². The van der Waals surface area contributed by atoms with Gasteiger partial charge in [-0.1, -0.05) is 54.6 Å². The Balaban J connectivity index is 2.17. The molecule has 98 valence electrons. The molecule has 0 N–H and O–H groups in total. The highest BCUT2D eigenvalue weighted by atomic mass is 19.3. The van der Waals surface area contributed by atoms with E-state index in [0.717, 1.165) is 38.7 Å². The van der Waals surface area contributed by atoms with Crippen molar-refractivity contribution in [1.29, 1.82) is 0 Å². The van der Waals surface area contributed by atoms with Crippen molar-refractivity contribution >= 4 is 27.6 Å². The van der Waals surface area contributed by atoms with Crippen LogP contribution >= 0.6 is 0 Å². The third-order valence-electron chi connectivity index (χ3n) is 3.97. The summed E-state index contributed by atoms with van der Waals surface area (Å²) in [4.78, 5) is 0. The third-order valence-corrected chi connectivity index (χ3v) is 3.97. The lowest BCUT2D eigenvalue weighted by Crippen LogP contribution is -2.19. The molecule has 4 rings (SSSR count). The second-order valence-corrected chi connectivity index (χ2v) is 5.29. The first-order valence-electron chi connectivity index (χ1n) is 6.64. The third kappa shape index (κ3) is 1.64. The zero-order valence-electron chi connectivity index (χ0n) is 10.7. The Morgan fingerprint density at radius 3 is 2.50 bits per heavy atom. The molecule has 1 aliphatic carbocycles. The van der Waals surface area contributed by atoms with Crippen LogP contribution in [0.3, 0.4) is 0 Å². The molecule has 0 bridgehead atoms. The quantitative estimate of drug-likeness (QED) is 0.491. The molecule has 1 aliphatic rings. The van der Waals surface area contributed by atoms with Crippen molar-refractivity contribution in [2.24, 2.45) is 0 Å². The molecular formula is C18H12F2. The van der Waals surface area contributed by atoms with Gasteiger partial charge in [0.15, 0.2) is 0 Å². The number of halogens is 2. The van der Waals surface area contributed by atoms with Crippen molar-refractivity contribution in [3.63, 3.8) is 0 Å². The van der Waals surface area contributed by atoms with Crippen LogP contribution in [0.5, 0.6) is 0 Å². The second-order valence-electron chi connectivity index (χ2n) is 5.29. The summed E-state index contributed by atoms with van der Waals surface area (Å²) >= 11 is 0. The summed E-state index contributed by atoms with van der Waals surface area (Å²) in [6.07, 6.45) is 2.33. The van der Waals surface area contributed by atoms with Gasteiger partial charge in [0.25, 0.3) is 5.92 Å². The predicted molar refractivity (Wildman–Crippen MR) is 79.1 cm³/mol. The zero-order chi connectivity index (χ0) is 13.7. The van der Waals surface area contributed by atoms with Crippen molar-refractivity contribution in [2.45, 2.75) is 12.3 Å². The number of fused-ring (bicyclic) bond motifs is 5. The number of alkyl halides is 2. The van der Waals surface area contributed by atoms with Crippen LogP contribution in [0.15, 0.2) is 54.6 Å². The maximum absolute atomic E-state index is 13.7. The molecule has 0 amide bonds. The molecule has 0 nitrogen and oxygen atoms in total. The van der Waals surface area contributed by atoms with Crippen LogP contribution in [0.1, 0.15) is 11.1 Å². The lowest BCUT2D eigenvalue weighted by Gasteiger charge is -2.21. The van der Waals surface area contributed by atoms with Gasteiger partial charge in [0.2, 0.25) is 0 Å². The maximum Gasteiger partial charge on any atom is 0.270 e. The Hall–Kier alpha value is -2.22. The molecule has 3 aromatic rings. The van der Waals surface area contributed by atoms with Gasteiger partial charge in [0, 0.05) is 6.42 Å². The van der Waals surface area contributed by atoms with Crippen molar-refractivity contribution in [1.82, 2.24) is 0 Å². The lowest BCUT2D eigenvalue weighted by molar-refractivity contribution is 0.0557. The maximum atomic E-state index is 13.7. The van der Waals surface area contributed by atoms with Gasteiger partial charge in [-0.3, -0.25) is 0 Å². The van der Waals surface area contributed by atoms with Crippen LogP contribution < -0.4 is 0 Å². The summed E-state index contributed by atoms with van der Waals surface area (Å²) in [6, 6.07) is 15.9. The summed E-state index contributed by atoms with van der Waals surface area (Å²) in [5.41, 5.74) is 1.66. The van der Waals surface area contributed by atoms with E-state index in [1.807, 2.05) is 48.5 Å². The highest BCUT2D eigenvalue weighted by molar-refractivity contribution is 6.10. The molecule has 3 aromatic carbocycles. The number of allylic oxidation sites excluding steroid dienone is 1. The Morgan fingerprint density at radius 1 is 0.850 bits per heavy atom. The van der Waals surface area contributed by atoms with Crippen molar-refractivity contribution in [3.05, 3.63) is 65.7 Å². The second kappa shape index (κ2) is 3.89. The average Bonchev–Trinajstić information content (AvgIpc) is 2.45. The van der Waals surface area contributed by atoms with E-state index in [4.69, 9.17) is 0 Å². The first-order valence-corrected chi connectivity index (χ1v) is 6.64. The number of hydrogen-bond donors (Lipinski definition) is 0. The first kappa shape index (κ1) is 11.6. The Morgan fingerprint density at radius 2 is 1.60 bits per heavy atom. The summed E-state index contributed by atoms with van der Waals surface area (Å²) in [5.74, 6) is -2.75. The summed E-state index contributed by atoms with van der Waals surface area (Å²) in [7, 11) is 0. The zero-order valence-corrected chi connectivity index (χ0v) is 10.7. The number of rotatable bonds is 0. The molecule has 0 radical (unpaired) electrons. The standard InChI is InChI=1S/C18H12F2/c19-18(20)10-9-13-6-8-14-7-5-12-3-1-2-4-15(12)17(14)16(13)11-18/h1-10H,11H2. The molecule has 0 fully saturated rings. The number of benzene rings is 3. The van der Waals surface area contributed by atoms with Gasteiger partial charge in [-0.05, 0) is 38.7 Å². The van der Waals surface area contributed by atoms with Gasteiger partial charge in [-0.15, -0.1) is 0 Å². The molecule has 0 aromatic heterocycles. The van der Waals surface area contributed by atoms with Crippen molar-refractivity contribution in [2.75, 3.05) is 0 Å². The average molecular weight is 266 g/mol. The van der Waals surface area contributed by atoms with Gasteiger partial charge < -0.3 is 0 Å². The van der Waals surface area contributed by atoms with E-state index < -0.39 is 5.92 Å². The van der Waals surface area contributed by atoms with E-state index in [9.17, 15) is 8.78 Å². The largest absolute Gasteiger partial charge is 0.270 e. The van der Waals surface area contributed by atoms with Gasteiger partial charge in [0.1, 0.15) is 0 Å².